The zero-order valence-corrected chi connectivity index (χ0v) is 15.7. The largest absolute Gasteiger partial charge is 0.416 e. The normalized spacial score (nSPS) is 11.8. The summed E-state index contributed by atoms with van der Waals surface area (Å²) in [7, 11) is 0. The van der Waals surface area contributed by atoms with Crippen LogP contribution < -0.4 is 11.1 Å². The Morgan fingerprint density at radius 2 is 1.70 bits per heavy atom. The van der Waals surface area contributed by atoms with Gasteiger partial charge in [-0.15, -0.1) is 0 Å². The van der Waals surface area contributed by atoms with Gasteiger partial charge in [-0.05, 0) is 36.4 Å². The molecular formula is C20H16F4N6. The first-order valence-electron chi connectivity index (χ1n) is 9.02. The van der Waals surface area contributed by atoms with Crippen LogP contribution >= 0.6 is 0 Å². The SMILES string of the molecule is CCc1nc2ccccc2n1-c1nc(N)c(F)c(Nc2ccc(C(F)(F)F)cc2)n1. The fraction of sp³-hybridized carbons (Fsp3) is 0.150. The molecule has 0 aliphatic heterocycles. The van der Waals surface area contributed by atoms with Crippen LogP contribution in [0.2, 0.25) is 0 Å². The summed E-state index contributed by atoms with van der Waals surface area (Å²) in [5, 5.41) is 2.67. The quantitative estimate of drug-likeness (QED) is 0.464. The number of hydrogen-bond donors (Lipinski definition) is 2. The average molecular weight is 416 g/mol. The molecule has 154 valence electrons. The van der Waals surface area contributed by atoms with E-state index in [1.807, 2.05) is 31.2 Å². The molecule has 0 bridgehead atoms. The number of nitrogen functional groups attached to an aromatic ring is 1. The van der Waals surface area contributed by atoms with E-state index < -0.39 is 23.4 Å². The van der Waals surface area contributed by atoms with Crippen LogP contribution in [0, 0.1) is 5.82 Å². The van der Waals surface area contributed by atoms with Crippen LogP contribution in [0.5, 0.6) is 0 Å². The third-order valence-corrected chi connectivity index (χ3v) is 4.49. The molecule has 0 aliphatic rings. The van der Waals surface area contributed by atoms with Crippen molar-refractivity contribution in [1.29, 1.82) is 0 Å². The number of hydrogen-bond acceptors (Lipinski definition) is 5. The van der Waals surface area contributed by atoms with Crippen LogP contribution in [0.15, 0.2) is 48.5 Å². The van der Waals surface area contributed by atoms with Gasteiger partial charge in [0.05, 0.1) is 16.6 Å². The predicted octanol–water partition coefficient (Wildman–Crippen LogP) is 4.86. The lowest BCUT2D eigenvalue weighted by molar-refractivity contribution is -0.137. The van der Waals surface area contributed by atoms with Crippen molar-refractivity contribution in [3.63, 3.8) is 0 Å². The van der Waals surface area contributed by atoms with Crippen LogP contribution in [0.4, 0.5) is 34.9 Å². The second kappa shape index (κ2) is 7.29. The standard InChI is InChI=1S/C20H16F4N6/c1-2-15-27-13-5-3-4-6-14(13)30(15)19-28-17(25)16(21)18(29-19)26-12-9-7-11(8-10-12)20(22,23)24/h3-10H,2H2,1H3,(H3,25,26,28,29). The first-order chi connectivity index (χ1) is 14.3. The number of fused-ring (bicyclic) bond motifs is 1. The van der Waals surface area contributed by atoms with Crippen molar-refractivity contribution < 1.29 is 17.6 Å². The number of halogens is 4. The molecule has 0 radical (unpaired) electrons. The molecule has 2 heterocycles. The van der Waals surface area contributed by atoms with Crippen LogP contribution in [-0.2, 0) is 12.6 Å². The summed E-state index contributed by atoms with van der Waals surface area (Å²) in [5.41, 5.74) is 6.60. The third kappa shape index (κ3) is 3.51. The Labute approximate surface area is 168 Å². The van der Waals surface area contributed by atoms with E-state index in [1.54, 1.807) is 4.57 Å². The second-order valence-electron chi connectivity index (χ2n) is 6.48. The van der Waals surface area contributed by atoms with Gasteiger partial charge in [-0.2, -0.15) is 27.5 Å². The molecule has 3 N–H and O–H groups in total. The summed E-state index contributed by atoms with van der Waals surface area (Å²) in [4.78, 5) is 12.8. The number of rotatable bonds is 4. The summed E-state index contributed by atoms with van der Waals surface area (Å²) in [5.74, 6) is -0.788. The van der Waals surface area contributed by atoms with Crippen molar-refractivity contribution in [2.75, 3.05) is 11.1 Å². The molecule has 0 atom stereocenters. The molecule has 2 aromatic heterocycles. The number of para-hydroxylation sites is 2. The predicted molar refractivity (Wildman–Crippen MR) is 105 cm³/mol. The molecule has 0 fully saturated rings. The van der Waals surface area contributed by atoms with Gasteiger partial charge in [-0.1, -0.05) is 19.1 Å². The highest BCUT2D eigenvalue weighted by molar-refractivity contribution is 5.77. The summed E-state index contributed by atoms with van der Waals surface area (Å²) in [6.07, 6.45) is -3.90. The topological polar surface area (TPSA) is 81.7 Å². The van der Waals surface area contributed by atoms with Gasteiger partial charge < -0.3 is 11.1 Å². The zero-order chi connectivity index (χ0) is 21.5. The van der Waals surface area contributed by atoms with Crippen LogP contribution in [0.3, 0.4) is 0 Å². The molecule has 0 aliphatic carbocycles. The number of benzene rings is 2. The minimum Gasteiger partial charge on any atom is -0.381 e. The Bertz CT molecular complexity index is 1210. The van der Waals surface area contributed by atoms with Gasteiger partial charge >= 0.3 is 6.18 Å². The molecule has 0 amide bonds. The highest BCUT2D eigenvalue weighted by Crippen LogP contribution is 2.31. The van der Waals surface area contributed by atoms with Gasteiger partial charge in [-0.25, -0.2) is 4.98 Å². The Morgan fingerprint density at radius 3 is 2.37 bits per heavy atom. The molecule has 6 nitrogen and oxygen atoms in total. The van der Waals surface area contributed by atoms with E-state index >= 15 is 0 Å². The van der Waals surface area contributed by atoms with Crippen LogP contribution in [0.25, 0.3) is 17.0 Å². The van der Waals surface area contributed by atoms with Gasteiger partial charge in [0.2, 0.25) is 11.8 Å². The summed E-state index contributed by atoms with van der Waals surface area (Å²) in [6, 6.07) is 11.5. The van der Waals surface area contributed by atoms with Gasteiger partial charge in [0.15, 0.2) is 11.6 Å². The molecule has 4 rings (SSSR count). The van der Waals surface area contributed by atoms with E-state index in [2.05, 4.69) is 20.3 Å². The Morgan fingerprint density at radius 1 is 1.00 bits per heavy atom. The number of anilines is 3. The van der Waals surface area contributed by atoms with Crippen LogP contribution in [0.1, 0.15) is 18.3 Å². The molecule has 0 saturated carbocycles. The number of aromatic nitrogens is 4. The lowest BCUT2D eigenvalue weighted by Crippen LogP contribution is -2.11. The molecule has 30 heavy (non-hydrogen) atoms. The third-order valence-electron chi connectivity index (χ3n) is 4.49. The van der Waals surface area contributed by atoms with E-state index in [9.17, 15) is 17.6 Å². The van der Waals surface area contributed by atoms with Gasteiger partial charge in [0.1, 0.15) is 5.82 Å². The molecule has 2 aromatic carbocycles. The van der Waals surface area contributed by atoms with Crippen molar-refractivity contribution in [2.45, 2.75) is 19.5 Å². The number of imidazole rings is 1. The lowest BCUT2D eigenvalue weighted by atomic mass is 10.2. The maximum atomic E-state index is 14.6. The highest BCUT2D eigenvalue weighted by Gasteiger charge is 2.30. The van der Waals surface area contributed by atoms with E-state index in [1.165, 1.54) is 12.1 Å². The summed E-state index contributed by atoms with van der Waals surface area (Å²) in [6.45, 7) is 1.91. The van der Waals surface area contributed by atoms with Gasteiger partial charge in [0, 0.05) is 12.1 Å². The smallest absolute Gasteiger partial charge is 0.381 e. The van der Waals surface area contributed by atoms with Crippen molar-refractivity contribution in [2.24, 2.45) is 0 Å². The summed E-state index contributed by atoms with van der Waals surface area (Å²) >= 11 is 0. The number of nitrogens with two attached hydrogens (primary N) is 1. The van der Waals surface area contributed by atoms with Crippen LogP contribution in [-0.4, -0.2) is 19.5 Å². The van der Waals surface area contributed by atoms with E-state index in [-0.39, 0.29) is 17.5 Å². The van der Waals surface area contributed by atoms with Gasteiger partial charge in [0.25, 0.3) is 0 Å². The molecule has 4 aromatic rings. The number of nitrogens with one attached hydrogen (secondary N) is 1. The second-order valence-corrected chi connectivity index (χ2v) is 6.48. The van der Waals surface area contributed by atoms with Crippen molar-refractivity contribution in [3.05, 3.63) is 65.7 Å². The fourth-order valence-corrected chi connectivity index (χ4v) is 3.05. The monoisotopic (exact) mass is 416 g/mol. The fourth-order valence-electron chi connectivity index (χ4n) is 3.05. The Kier molecular flexibility index (Phi) is 4.76. The number of alkyl halides is 3. The molecule has 10 heteroatoms. The van der Waals surface area contributed by atoms with E-state index in [0.717, 1.165) is 23.2 Å². The number of aryl methyl sites for hydroxylation is 1. The van der Waals surface area contributed by atoms with E-state index in [4.69, 9.17) is 5.73 Å². The first kappa shape index (κ1) is 19.6. The minimum absolute atomic E-state index is 0.105. The average Bonchev–Trinajstić information content (AvgIpc) is 3.09. The Balaban J connectivity index is 1.77. The van der Waals surface area contributed by atoms with Crippen molar-refractivity contribution in [1.82, 2.24) is 19.5 Å². The minimum atomic E-state index is -4.46. The zero-order valence-electron chi connectivity index (χ0n) is 15.7. The lowest BCUT2D eigenvalue weighted by Gasteiger charge is -2.13. The Hall–Kier alpha value is -3.69. The summed E-state index contributed by atoms with van der Waals surface area (Å²) < 4.78 is 54.5. The molecular weight excluding hydrogens is 400 g/mol. The van der Waals surface area contributed by atoms with Crippen molar-refractivity contribution in [3.8, 4) is 5.95 Å². The molecule has 0 spiro atoms. The maximum Gasteiger partial charge on any atom is 0.416 e. The van der Waals surface area contributed by atoms with Crippen molar-refractivity contribution >= 4 is 28.4 Å². The highest BCUT2D eigenvalue weighted by atomic mass is 19.4. The van der Waals surface area contributed by atoms with E-state index in [0.29, 0.717) is 12.2 Å². The number of nitrogens with zero attached hydrogens (tertiary/aromatic N) is 4. The maximum absolute atomic E-state index is 14.6. The van der Waals surface area contributed by atoms with Gasteiger partial charge in [-0.3, -0.25) is 4.57 Å². The molecule has 0 saturated heterocycles. The first-order valence-corrected chi connectivity index (χ1v) is 9.02. The molecule has 0 unspecified atom stereocenters.